The van der Waals surface area contributed by atoms with Gasteiger partial charge in [0, 0.05) is 18.8 Å². The van der Waals surface area contributed by atoms with Crippen LogP contribution in [-0.4, -0.2) is 25.0 Å². The van der Waals surface area contributed by atoms with Gasteiger partial charge in [-0.2, -0.15) is 0 Å². The largest absolute Gasteiger partial charge is 0.465 e. The van der Waals surface area contributed by atoms with Gasteiger partial charge in [-0.05, 0) is 49.8 Å². The molecule has 1 aromatic rings. The summed E-state index contributed by atoms with van der Waals surface area (Å²) in [6.07, 6.45) is 7.84. The van der Waals surface area contributed by atoms with E-state index in [0.717, 1.165) is 50.9 Å². The highest BCUT2D eigenvalue weighted by atomic mass is 16.7. The summed E-state index contributed by atoms with van der Waals surface area (Å²) >= 11 is 0. The molecule has 3 rings (SSSR count). The number of rotatable bonds is 5. The number of hydrogen-bond acceptors (Lipinski definition) is 4. The van der Waals surface area contributed by atoms with Crippen LogP contribution in [0.25, 0.3) is 0 Å². The van der Waals surface area contributed by atoms with Gasteiger partial charge < -0.3 is 14.2 Å². The lowest BCUT2D eigenvalue weighted by atomic mass is 9.81. The Bertz CT molecular complexity index is 536. The van der Waals surface area contributed by atoms with Crippen molar-refractivity contribution in [3.8, 4) is 5.75 Å². The van der Waals surface area contributed by atoms with Crippen molar-refractivity contribution in [2.24, 2.45) is 0 Å². The lowest BCUT2D eigenvalue weighted by Gasteiger charge is -2.32. The van der Waals surface area contributed by atoms with Crippen LogP contribution >= 0.6 is 0 Å². The molecule has 1 aliphatic heterocycles. The predicted octanol–water partition coefficient (Wildman–Crippen LogP) is 4.57. The molecule has 1 saturated heterocycles. The van der Waals surface area contributed by atoms with Crippen LogP contribution in [0.3, 0.4) is 0 Å². The van der Waals surface area contributed by atoms with Gasteiger partial charge in [0.1, 0.15) is 11.9 Å². The molecule has 2 fully saturated rings. The summed E-state index contributed by atoms with van der Waals surface area (Å²) in [5.74, 6) is 1.02. The average Bonchev–Trinajstić information content (AvgIpc) is 2.63. The van der Waals surface area contributed by atoms with E-state index in [-0.39, 0.29) is 24.3 Å². The van der Waals surface area contributed by atoms with Gasteiger partial charge in [0.15, 0.2) is 6.29 Å². The molecule has 132 valence electrons. The predicted molar refractivity (Wildman–Crippen MR) is 92.0 cm³/mol. The number of carbonyl (C=O) groups is 1. The van der Waals surface area contributed by atoms with E-state index >= 15 is 0 Å². The minimum atomic E-state index is -0.130. The van der Waals surface area contributed by atoms with Crippen molar-refractivity contribution < 1.29 is 19.0 Å². The van der Waals surface area contributed by atoms with Crippen LogP contribution in [0.2, 0.25) is 0 Å². The lowest BCUT2D eigenvalue weighted by molar-refractivity contribution is -0.151. The quantitative estimate of drug-likeness (QED) is 0.741. The van der Waals surface area contributed by atoms with Gasteiger partial charge in [-0.15, -0.1) is 0 Å². The van der Waals surface area contributed by atoms with Crippen LogP contribution in [0, 0.1) is 0 Å². The molecule has 1 unspecified atom stereocenters. The number of ether oxygens (including phenoxy) is 3. The van der Waals surface area contributed by atoms with E-state index in [1.165, 1.54) is 12.0 Å². The summed E-state index contributed by atoms with van der Waals surface area (Å²) in [6, 6.07) is 8.23. The SMILES string of the molecule is CCC(=O)O[C@H]1CCCC[C@@H]1c1cccc(OC2CCCCO2)c1. The highest BCUT2D eigenvalue weighted by Gasteiger charge is 2.29. The topological polar surface area (TPSA) is 44.8 Å². The van der Waals surface area contributed by atoms with Crippen molar-refractivity contribution in [1.82, 2.24) is 0 Å². The molecule has 4 nitrogen and oxygen atoms in total. The van der Waals surface area contributed by atoms with Crippen LogP contribution in [0.1, 0.15) is 69.8 Å². The third kappa shape index (κ3) is 4.50. The summed E-state index contributed by atoms with van der Waals surface area (Å²) in [4.78, 5) is 11.7. The molecule has 2 aliphatic rings. The van der Waals surface area contributed by atoms with Crippen LogP contribution in [0.15, 0.2) is 24.3 Å². The summed E-state index contributed by atoms with van der Waals surface area (Å²) in [5.41, 5.74) is 1.21. The van der Waals surface area contributed by atoms with Gasteiger partial charge in [-0.25, -0.2) is 0 Å². The number of carbonyl (C=O) groups excluding carboxylic acids is 1. The molecule has 3 atom stereocenters. The second-order valence-corrected chi connectivity index (χ2v) is 6.76. The minimum Gasteiger partial charge on any atom is -0.465 e. The third-order valence-corrected chi connectivity index (χ3v) is 4.97. The Labute approximate surface area is 144 Å². The molecular weight excluding hydrogens is 304 g/mol. The smallest absolute Gasteiger partial charge is 0.305 e. The molecule has 1 aromatic carbocycles. The van der Waals surface area contributed by atoms with Gasteiger partial charge >= 0.3 is 5.97 Å². The summed E-state index contributed by atoms with van der Waals surface area (Å²) < 4.78 is 17.4. The molecule has 1 saturated carbocycles. The van der Waals surface area contributed by atoms with Crippen molar-refractivity contribution in [3.63, 3.8) is 0 Å². The fourth-order valence-corrected chi connectivity index (χ4v) is 3.65. The first kappa shape index (κ1) is 17.3. The van der Waals surface area contributed by atoms with Crippen molar-refractivity contribution in [3.05, 3.63) is 29.8 Å². The van der Waals surface area contributed by atoms with Gasteiger partial charge in [0.25, 0.3) is 0 Å². The van der Waals surface area contributed by atoms with E-state index < -0.39 is 0 Å². The van der Waals surface area contributed by atoms with Crippen molar-refractivity contribution in [2.75, 3.05) is 6.61 Å². The monoisotopic (exact) mass is 332 g/mol. The van der Waals surface area contributed by atoms with E-state index in [1.807, 2.05) is 19.1 Å². The first-order chi connectivity index (χ1) is 11.8. The highest BCUT2D eigenvalue weighted by Crippen LogP contribution is 2.36. The van der Waals surface area contributed by atoms with E-state index in [4.69, 9.17) is 14.2 Å². The Morgan fingerprint density at radius 3 is 2.79 bits per heavy atom. The Hall–Kier alpha value is -1.55. The minimum absolute atomic E-state index is 0.00706. The molecular formula is C20H28O4. The molecule has 0 N–H and O–H groups in total. The molecule has 0 amide bonds. The fraction of sp³-hybridized carbons (Fsp3) is 0.650. The first-order valence-electron chi connectivity index (χ1n) is 9.34. The standard InChI is InChI=1S/C20H28O4/c1-2-19(21)24-18-11-4-3-10-17(18)15-8-7-9-16(14-15)23-20-12-5-6-13-22-20/h7-9,14,17-18,20H,2-6,10-13H2,1H3/t17-,18+,20?/m1/s1. The fourth-order valence-electron chi connectivity index (χ4n) is 3.65. The third-order valence-electron chi connectivity index (χ3n) is 4.97. The van der Waals surface area contributed by atoms with Crippen molar-refractivity contribution in [2.45, 2.75) is 76.6 Å². The van der Waals surface area contributed by atoms with E-state index in [2.05, 4.69) is 12.1 Å². The second kappa shape index (κ2) is 8.52. The Balaban J connectivity index is 1.69. The average molecular weight is 332 g/mol. The number of benzene rings is 1. The maximum Gasteiger partial charge on any atom is 0.305 e. The summed E-state index contributed by atoms with van der Waals surface area (Å²) in [7, 11) is 0. The van der Waals surface area contributed by atoms with Crippen LogP contribution < -0.4 is 4.74 Å². The van der Waals surface area contributed by atoms with Crippen molar-refractivity contribution >= 4 is 5.97 Å². The lowest BCUT2D eigenvalue weighted by Crippen LogP contribution is -2.28. The van der Waals surface area contributed by atoms with E-state index in [0.29, 0.717) is 6.42 Å². The van der Waals surface area contributed by atoms with Crippen LogP contribution in [0.4, 0.5) is 0 Å². The highest BCUT2D eigenvalue weighted by molar-refractivity contribution is 5.69. The van der Waals surface area contributed by atoms with Crippen LogP contribution in [-0.2, 0) is 14.3 Å². The van der Waals surface area contributed by atoms with E-state index in [9.17, 15) is 4.79 Å². The number of esters is 1. The molecule has 0 aromatic heterocycles. The second-order valence-electron chi connectivity index (χ2n) is 6.76. The maximum atomic E-state index is 11.7. The zero-order valence-corrected chi connectivity index (χ0v) is 14.5. The molecule has 0 bridgehead atoms. The number of hydrogen-bond donors (Lipinski definition) is 0. The summed E-state index contributed by atoms with van der Waals surface area (Å²) in [5, 5.41) is 0. The first-order valence-corrected chi connectivity index (χ1v) is 9.34. The van der Waals surface area contributed by atoms with Crippen LogP contribution in [0.5, 0.6) is 5.75 Å². The van der Waals surface area contributed by atoms with Crippen molar-refractivity contribution in [1.29, 1.82) is 0 Å². The Morgan fingerprint density at radius 2 is 2.00 bits per heavy atom. The zero-order valence-electron chi connectivity index (χ0n) is 14.5. The molecule has 1 aliphatic carbocycles. The normalized spacial score (nSPS) is 27.5. The molecule has 24 heavy (non-hydrogen) atoms. The summed E-state index contributed by atoms with van der Waals surface area (Å²) in [6.45, 7) is 2.63. The van der Waals surface area contributed by atoms with Gasteiger partial charge in [-0.1, -0.05) is 25.5 Å². The molecule has 4 heteroatoms. The molecule has 0 radical (unpaired) electrons. The van der Waals surface area contributed by atoms with Gasteiger partial charge in [0.05, 0.1) is 6.61 Å². The molecule has 1 heterocycles. The molecule has 0 spiro atoms. The Morgan fingerprint density at radius 1 is 1.17 bits per heavy atom. The zero-order chi connectivity index (χ0) is 16.8. The van der Waals surface area contributed by atoms with Gasteiger partial charge in [-0.3, -0.25) is 4.79 Å². The van der Waals surface area contributed by atoms with Gasteiger partial charge in [0.2, 0.25) is 0 Å². The maximum absolute atomic E-state index is 11.7. The Kier molecular flexibility index (Phi) is 6.13. The van der Waals surface area contributed by atoms with E-state index in [1.54, 1.807) is 0 Å².